The summed E-state index contributed by atoms with van der Waals surface area (Å²) in [7, 11) is 6.27. The minimum Gasteiger partial charge on any atom is -0.497 e. The number of esters is 1. The average molecular weight is 539 g/mol. The molecule has 0 radical (unpaired) electrons. The van der Waals surface area contributed by atoms with Crippen molar-refractivity contribution in [3.63, 3.8) is 0 Å². The molecule has 0 aliphatic carbocycles. The van der Waals surface area contributed by atoms with E-state index in [9.17, 15) is 4.79 Å². The van der Waals surface area contributed by atoms with E-state index in [1.54, 1.807) is 32.7 Å². The van der Waals surface area contributed by atoms with Crippen LogP contribution < -0.4 is 18.9 Å². The molecule has 0 spiro atoms. The molecule has 0 saturated heterocycles. The molecule has 39 heavy (non-hydrogen) atoms. The quantitative estimate of drug-likeness (QED) is 0.213. The van der Waals surface area contributed by atoms with Gasteiger partial charge in [0.15, 0.2) is 5.60 Å². The summed E-state index contributed by atoms with van der Waals surface area (Å²) in [5, 5.41) is 2.01. The van der Waals surface area contributed by atoms with Gasteiger partial charge in [-0.1, -0.05) is 30.3 Å². The van der Waals surface area contributed by atoms with E-state index in [1.165, 1.54) is 7.11 Å². The molecule has 1 aromatic heterocycles. The number of rotatable bonds is 6. The first-order valence-corrected chi connectivity index (χ1v) is 13.2. The fraction of sp³-hybridized carbons (Fsp3) is 0.156. The SMILES string of the molecule is COC(=O)c1cc2sc3ccccc3c2c2c1C=CC(c1ccc(OC)cc1)(c1ccc(OC)cc1OC)O2. The van der Waals surface area contributed by atoms with Crippen molar-refractivity contribution in [1.29, 1.82) is 0 Å². The smallest absolute Gasteiger partial charge is 0.338 e. The van der Waals surface area contributed by atoms with E-state index in [4.69, 9.17) is 23.7 Å². The zero-order chi connectivity index (χ0) is 27.1. The van der Waals surface area contributed by atoms with E-state index >= 15 is 0 Å². The van der Waals surface area contributed by atoms with E-state index in [-0.39, 0.29) is 0 Å². The molecule has 0 fully saturated rings. The predicted molar refractivity (Wildman–Crippen MR) is 154 cm³/mol. The molecule has 1 atom stereocenters. The third-order valence-corrected chi connectivity index (χ3v) is 8.26. The maximum absolute atomic E-state index is 12.9. The van der Waals surface area contributed by atoms with Crippen molar-refractivity contribution in [3.8, 4) is 23.0 Å². The molecule has 2 heterocycles. The number of thiophene rings is 1. The molecule has 6 rings (SSSR count). The number of carbonyl (C=O) groups excluding carboxylic acids is 1. The van der Waals surface area contributed by atoms with Crippen LogP contribution in [0.15, 0.2) is 78.9 Å². The Morgan fingerprint density at radius 1 is 0.821 bits per heavy atom. The Balaban J connectivity index is 1.69. The second kappa shape index (κ2) is 9.67. The molecule has 1 unspecified atom stereocenters. The van der Waals surface area contributed by atoms with Crippen LogP contribution in [-0.4, -0.2) is 34.4 Å². The second-order valence-corrected chi connectivity index (χ2v) is 10.2. The largest absolute Gasteiger partial charge is 0.497 e. The van der Waals surface area contributed by atoms with Crippen molar-refractivity contribution in [3.05, 3.63) is 101 Å². The highest BCUT2D eigenvalue weighted by Crippen LogP contribution is 2.51. The van der Waals surface area contributed by atoms with Gasteiger partial charge in [-0.15, -0.1) is 11.3 Å². The third-order valence-electron chi connectivity index (χ3n) is 7.14. The van der Waals surface area contributed by atoms with Crippen LogP contribution in [-0.2, 0) is 10.3 Å². The number of methoxy groups -OCH3 is 4. The number of benzene rings is 4. The summed E-state index contributed by atoms with van der Waals surface area (Å²) in [6.45, 7) is 0. The lowest BCUT2D eigenvalue weighted by atomic mass is 9.82. The summed E-state index contributed by atoms with van der Waals surface area (Å²) in [5.41, 5.74) is 1.70. The average Bonchev–Trinajstić information content (AvgIpc) is 3.38. The monoisotopic (exact) mass is 538 g/mol. The lowest BCUT2D eigenvalue weighted by molar-refractivity contribution is 0.0599. The van der Waals surface area contributed by atoms with Crippen LogP contribution in [0.4, 0.5) is 0 Å². The molecule has 5 aromatic rings. The molecule has 196 valence electrons. The summed E-state index contributed by atoms with van der Waals surface area (Å²) in [6, 6.07) is 23.5. The summed E-state index contributed by atoms with van der Waals surface area (Å²) in [4.78, 5) is 12.9. The van der Waals surface area contributed by atoms with Gasteiger partial charge in [-0.3, -0.25) is 0 Å². The van der Waals surface area contributed by atoms with E-state index in [0.29, 0.717) is 28.4 Å². The van der Waals surface area contributed by atoms with E-state index < -0.39 is 11.6 Å². The van der Waals surface area contributed by atoms with Gasteiger partial charge in [0.2, 0.25) is 0 Å². The standard InChI is InChI=1S/C32H26O6S/c1-34-20-11-9-19(10-12-20)32(25-14-13-21(35-2)17-26(25)36-3)16-15-22-24(31(33)37-4)18-28-29(30(22)38-32)23-7-5-6-8-27(23)39-28/h5-18H,1-4H3. The normalized spacial score (nSPS) is 16.0. The minimum atomic E-state index is -1.08. The molecule has 6 nitrogen and oxygen atoms in total. The fourth-order valence-electron chi connectivity index (χ4n) is 5.21. The van der Waals surface area contributed by atoms with Crippen LogP contribution in [0.2, 0.25) is 0 Å². The maximum atomic E-state index is 12.9. The highest BCUT2D eigenvalue weighted by atomic mass is 32.1. The molecule has 1 aliphatic rings. The van der Waals surface area contributed by atoms with Gasteiger partial charge in [0.05, 0.1) is 34.0 Å². The molecular weight excluding hydrogens is 512 g/mol. The summed E-state index contributed by atoms with van der Waals surface area (Å²) in [5.74, 6) is 2.20. The molecule has 7 heteroatoms. The van der Waals surface area contributed by atoms with Crippen LogP contribution >= 0.6 is 11.3 Å². The summed E-state index contributed by atoms with van der Waals surface area (Å²) < 4.78 is 31.1. The number of hydrogen-bond acceptors (Lipinski definition) is 7. The third kappa shape index (κ3) is 3.89. The van der Waals surface area contributed by atoms with Gasteiger partial charge in [0.25, 0.3) is 0 Å². The number of hydrogen-bond donors (Lipinski definition) is 0. The lowest BCUT2D eigenvalue weighted by Crippen LogP contribution is -2.35. The summed E-state index contributed by atoms with van der Waals surface area (Å²) >= 11 is 1.62. The predicted octanol–water partition coefficient (Wildman–Crippen LogP) is 7.22. The van der Waals surface area contributed by atoms with Gasteiger partial charge in [0, 0.05) is 42.9 Å². The number of fused-ring (bicyclic) bond motifs is 5. The van der Waals surface area contributed by atoms with Crippen molar-refractivity contribution in [2.24, 2.45) is 0 Å². The van der Waals surface area contributed by atoms with Gasteiger partial charge in [0.1, 0.15) is 23.0 Å². The molecule has 0 amide bonds. The first kappa shape index (κ1) is 24.8. The van der Waals surface area contributed by atoms with Crippen LogP contribution in [0, 0.1) is 0 Å². The molecule has 1 aliphatic heterocycles. The number of ether oxygens (including phenoxy) is 5. The van der Waals surface area contributed by atoms with Crippen LogP contribution in [0.3, 0.4) is 0 Å². The van der Waals surface area contributed by atoms with Gasteiger partial charge >= 0.3 is 5.97 Å². The van der Waals surface area contributed by atoms with Crippen molar-refractivity contribution < 1.29 is 28.5 Å². The Hall–Kier alpha value is -4.49. The Labute approximate surface area is 230 Å². The Morgan fingerprint density at radius 2 is 1.56 bits per heavy atom. The zero-order valence-corrected chi connectivity index (χ0v) is 22.8. The Bertz CT molecular complexity index is 1750. The topological polar surface area (TPSA) is 63.2 Å². The molecule has 0 N–H and O–H groups in total. The first-order valence-electron chi connectivity index (χ1n) is 12.3. The van der Waals surface area contributed by atoms with Crippen LogP contribution in [0.25, 0.3) is 26.2 Å². The van der Waals surface area contributed by atoms with Gasteiger partial charge in [-0.2, -0.15) is 0 Å². The van der Waals surface area contributed by atoms with E-state index in [2.05, 4.69) is 12.1 Å². The zero-order valence-electron chi connectivity index (χ0n) is 21.9. The van der Waals surface area contributed by atoms with Gasteiger partial charge in [-0.25, -0.2) is 4.79 Å². The molecule has 0 bridgehead atoms. The Kier molecular flexibility index (Phi) is 6.16. The van der Waals surface area contributed by atoms with Gasteiger partial charge in [-0.05, 0) is 48.6 Å². The van der Waals surface area contributed by atoms with E-state index in [0.717, 1.165) is 37.0 Å². The Morgan fingerprint density at radius 3 is 2.28 bits per heavy atom. The minimum absolute atomic E-state index is 0.419. The van der Waals surface area contributed by atoms with Crippen molar-refractivity contribution in [2.45, 2.75) is 5.60 Å². The van der Waals surface area contributed by atoms with Crippen molar-refractivity contribution in [1.82, 2.24) is 0 Å². The molecule has 4 aromatic carbocycles. The highest BCUT2D eigenvalue weighted by molar-refractivity contribution is 7.25. The number of carbonyl (C=O) groups is 1. The van der Waals surface area contributed by atoms with Crippen LogP contribution in [0.1, 0.15) is 27.0 Å². The van der Waals surface area contributed by atoms with Crippen molar-refractivity contribution >= 4 is 43.6 Å². The van der Waals surface area contributed by atoms with E-state index in [1.807, 2.05) is 72.8 Å². The lowest BCUT2D eigenvalue weighted by Gasteiger charge is -2.37. The highest BCUT2D eigenvalue weighted by Gasteiger charge is 2.41. The molecule has 0 saturated carbocycles. The molecular formula is C32H26O6S. The fourth-order valence-corrected chi connectivity index (χ4v) is 6.36. The second-order valence-electron chi connectivity index (χ2n) is 9.10. The van der Waals surface area contributed by atoms with Crippen LogP contribution in [0.5, 0.6) is 23.0 Å². The van der Waals surface area contributed by atoms with Crippen molar-refractivity contribution in [2.75, 3.05) is 28.4 Å². The summed E-state index contributed by atoms with van der Waals surface area (Å²) in [6.07, 6.45) is 3.92. The maximum Gasteiger partial charge on any atom is 0.338 e. The van der Waals surface area contributed by atoms with Gasteiger partial charge < -0.3 is 23.7 Å². The first-order chi connectivity index (χ1) is 19.0.